The van der Waals surface area contributed by atoms with E-state index in [0.717, 1.165) is 34.0 Å². The van der Waals surface area contributed by atoms with E-state index in [1.807, 2.05) is 48.5 Å². The molecule has 0 aliphatic carbocycles. The molecule has 0 amide bonds. The van der Waals surface area contributed by atoms with Crippen LogP contribution in [0.15, 0.2) is 94.7 Å². The van der Waals surface area contributed by atoms with Gasteiger partial charge in [-0.1, -0.05) is 48.5 Å². The largest absolute Gasteiger partial charge is 0.495 e. The Labute approximate surface area is 260 Å². The molecule has 0 aliphatic heterocycles. The van der Waals surface area contributed by atoms with Crippen molar-refractivity contribution in [2.45, 2.75) is 9.79 Å². The topological polar surface area (TPSA) is 135 Å². The van der Waals surface area contributed by atoms with Gasteiger partial charge >= 0.3 is 0 Å². The summed E-state index contributed by atoms with van der Waals surface area (Å²) in [5.41, 5.74) is 0. The average molecular weight is 651 g/mol. The second-order valence-corrected chi connectivity index (χ2v) is 12.9. The number of fused-ring (bicyclic) bond motifs is 4. The lowest BCUT2D eigenvalue weighted by molar-refractivity contribution is 0.397. The minimum Gasteiger partial charge on any atom is -0.495 e. The monoisotopic (exact) mass is 650 g/mol. The van der Waals surface area contributed by atoms with Gasteiger partial charge in [0.05, 0.1) is 45.3 Å². The predicted molar refractivity (Wildman–Crippen MR) is 173 cm³/mol. The first-order valence-electron chi connectivity index (χ1n) is 13.4. The molecule has 6 aromatic rings. The van der Waals surface area contributed by atoms with Crippen molar-refractivity contribution in [3.8, 4) is 23.0 Å². The zero-order valence-electron chi connectivity index (χ0n) is 25.0. The first-order valence-corrected chi connectivity index (χ1v) is 16.3. The van der Waals surface area contributed by atoms with Crippen LogP contribution in [0.1, 0.15) is 0 Å². The Kier molecular flexibility index (Phi) is 8.77. The Morgan fingerprint density at radius 2 is 0.756 bits per heavy atom. The van der Waals surface area contributed by atoms with Gasteiger partial charge in [-0.15, -0.1) is 0 Å². The second kappa shape index (κ2) is 12.4. The molecule has 12 heteroatoms. The van der Waals surface area contributed by atoms with E-state index in [9.17, 15) is 21.4 Å². The summed E-state index contributed by atoms with van der Waals surface area (Å²) in [7, 11) is -0.703. The molecule has 10 nitrogen and oxygen atoms in total. The first kappa shape index (κ1) is 31.8. The van der Waals surface area contributed by atoms with Gasteiger partial charge < -0.3 is 18.9 Å². The Bertz CT molecular complexity index is 2300. The van der Waals surface area contributed by atoms with Crippen LogP contribution in [0.5, 0.6) is 23.0 Å². The molecule has 0 unspecified atom stereocenters. The van der Waals surface area contributed by atoms with Gasteiger partial charge in [-0.2, -0.15) is 16.8 Å². The molecule has 6 rings (SSSR count). The third-order valence-corrected chi connectivity index (χ3v) is 9.54. The Morgan fingerprint density at radius 3 is 1.09 bits per heavy atom. The number of ether oxygens (including phenoxy) is 4. The SMILES string of the molecule is COc1c2ccccc2c(OC)c2cc(S(=O)(=O)O)ccc12.COc1c2ccccc2c(OC)c2cc(S(=O)(=O)OC)ccc12. The number of hydrogen-bond donors (Lipinski definition) is 1. The molecular formula is C33H30O10S2. The maximum atomic E-state index is 12.0. The van der Waals surface area contributed by atoms with Crippen LogP contribution < -0.4 is 18.9 Å². The summed E-state index contributed by atoms with van der Waals surface area (Å²) in [4.78, 5) is -0.112. The molecule has 0 aromatic heterocycles. The summed E-state index contributed by atoms with van der Waals surface area (Å²) in [5, 5.41) is 6.14. The van der Waals surface area contributed by atoms with E-state index in [0.29, 0.717) is 39.2 Å². The van der Waals surface area contributed by atoms with E-state index in [4.69, 9.17) is 18.9 Å². The lowest BCUT2D eigenvalue weighted by atomic mass is 10.0. The summed E-state index contributed by atoms with van der Waals surface area (Å²) >= 11 is 0. The van der Waals surface area contributed by atoms with Gasteiger partial charge in [-0.05, 0) is 36.4 Å². The molecule has 0 saturated heterocycles. The maximum absolute atomic E-state index is 12.0. The predicted octanol–water partition coefficient (Wildman–Crippen LogP) is 6.60. The third-order valence-electron chi connectivity index (χ3n) is 7.42. The van der Waals surface area contributed by atoms with Crippen molar-refractivity contribution < 1.29 is 44.5 Å². The summed E-state index contributed by atoms with van der Waals surface area (Å²) in [6, 6.07) is 24.3. The van der Waals surface area contributed by atoms with Crippen molar-refractivity contribution in [3.05, 3.63) is 84.9 Å². The quantitative estimate of drug-likeness (QED) is 0.114. The molecule has 0 saturated carbocycles. The van der Waals surface area contributed by atoms with Crippen LogP contribution in [-0.2, 0) is 24.4 Å². The molecule has 0 radical (unpaired) electrons. The smallest absolute Gasteiger partial charge is 0.296 e. The number of hydrogen-bond acceptors (Lipinski definition) is 9. The lowest BCUT2D eigenvalue weighted by Gasteiger charge is -2.15. The molecule has 234 valence electrons. The Balaban J connectivity index is 0.000000178. The van der Waals surface area contributed by atoms with Gasteiger partial charge in [0, 0.05) is 43.1 Å². The standard InChI is InChI=1S/C17H16O5S.C16H14O5S/c1-20-16-12-6-4-5-7-13(12)17(21-2)15-10-11(8-9-14(15)16)23(18,19)22-3;1-20-15-11-5-3-4-6-12(11)16(21-2)14-9-10(22(17,18)19)7-8-13(14)15/h4-10H,1-3H3;3-9H,1-2H3,(H,17,18,19). The minimum absolute atomic E-state index is 0.0723. The molecule has 0 spiro atoms. The lowest BCUT2D eigenvalue weighted by Crippen LogP contribution is -2.03. The van der Waals surface area contributed by atoms with Gasteiger partial charge in [-0.3, -0.25) is 8.74 Å². The molecule has 1 N–H and O–H groups in total. The van der Waals surface area contributed by atoms with Gasteiger partial charge in [0.25, 0.3) is 20.2 Å². The van der Waals surface area contributed by atoms with Crippen LogP contribution in [0.3, 0.4) is 0 Å². The van der Waals surface area contributed by atoms with E-state index < -0.39 is 20.2 Å². The van der Waals surface area contributed by atoms with Crippen molar-refractivity contribution >= 4 is 63.3 Å². The molecule has 0 atom stereocenters. The molecule has 6 aromatic carbocycles. The van der Waals surface area contributed by atoms with Crippen molar-refractivity contribution in [2.24, 2.45) is 0 Å². The van der Waals surface area contributed by atoms with Crippen molar-refractivity contribution in [1.29, 1.82) is 0 Å². The highest BCUT2D eigenvalue weighted by atomic mass is 32.2. The first-order chi connectivity index (χ1) is 21.5. The molecule has 0 heterocycles. The Hall–Kier alpha value is -4.62. The van der Waals surface area contributed by atoms with Crippen LogP contribution in [0.2, 0.25) is 0 Å². The van der Waals surface area contributed by atoms with Crippen LogP contribution in [0.4, 0.5) is 0 Å². The van der Waals surface area contributed by atoms with Crippen molar-refractivity contribution in [2.75, 3.05) is 35.5 Å². The fourth-order valence-electron chi connectivity index (χ4n) is 5.45. The van der Waals surface area contributed by atoms with E-state index in [1.54, 1.807) is 39.5 Å². The molecule has 0 aliphatic rings. The van der Waals surface area contributed by atoms with Crippen molar-refractivity contribution in [1.82, 2.24) is 0 Å². The molecule has 0 fully saturated rings. The highest BCUT2D eigenvalue weighted by Gasteiger charge is 2.20. The van der Waals surface area contributed by atoms with Crippen LogP contribution in [0.25, 0.3) is 43.1 Å². The highest BCUT2D eigenvalue weighted by molar-refractivity contribution is 7.86. The molecular weight excluding hydrogens is 620 g/mol. The number of methoxy groups -OCH3 is 4. The van der Waals surface area contributed by atoms with Gasteiger partial charge in [0.2, 0.25) is 0 Å². The van der Waals surface area contributed by atoms with Crippen LogP contribution in [0, 0.1) is 0 Å². The van der Waals surface area contributed by atoms with Gasteiger partial charge in [0.15, 0.2) is 0 Å². The van der Waals surface area contributed by atoms with E-state index in [1.165, 1.54) is 25.3 Å². The average Bonchev–Trinajstić information content (AvgIpc) is 3.05. The Morgan fingerprint density at radius 1 is 0.444 bits per heavy atom. The minimum atomic E-state index is -4.29. The summed E-state index contributed by atoms with van der Waals surface area (Å²) in [5.74, 6) is 2.45. The summed E-state index contributed by atoms with van der Waals surface area (Å²) in [6.45, 7) is 0. The summed E-state index contributed by atoms with van der Waals surface area (Å²) in [6.07, 6.45) is 0. The van der Waals surface area contributed by atoms with Crippen LogP contribution >= 0.6 is 0 Å². The highest BCUT2D eigenvalue weighted by Crippen LogP contribution is 2.44. The zero-order chi connectivity index (χ0) is 32.5. The van der Waals surface area contributed by atoms with Crippen molar-refractivity contribution in [3.63, 3.8) is 0 Å². The van der Waals surface area contributed by atoms with Gasteiger partial charge in [0.1, 0.15) is 23.0 Å². The van der Waals surface area contributed by atoms with Gasteiger partial charge in [-0.25, -0.2) is 0 Å². The fraction of sp³-hybridized carbons (Fsp3) is 0.152. The number of rotatable bonds is 7. The number of benzene rings is 6. The zero-order valence-corrected chi connectivity index (χ0v) is 26.7. The van der Waals surface area contributed by atoms with E-state index in [-0.39, 0.29) is 9.79 Å². The van der Waals surface area contributed by atoms with Crippen LogP contribution in [-0.4, -0.2) is 56.9 Å². The van der Waals surface area contributed by atoms with E-state index in [2.05, 4.69) is 4.18 Å². The fourth-order valence-corrected chi connectivity index (χ4v) is 6.65. The maximum Gasteiger partial charge on any atom is 0.296 e. The van der Waals surface area contributed by atoms with E-state index >= 15 is 0 Å². The third kappa shape index (κ3) is 5.69. The molecule has 45 heavy (non-hydrogen) atoms. The molecule has 0 bridgehead atoms. The second-order valence-electron chi connectivity index (χ2n) is 9.73. The summed E-state index contributed by atoms with van der Waals surface area (Å²) < 4.78 is 82.6. The normalized spacial score (nSPS) is 11.8.